The van der Waals surface area contributed by atoms with Crippen LogP contribution in [-0.2, 0) is 19.5 Å². The maximum absolute atomic E-state index is 4.80. The molecule has 1 aliphatic rings. The van der Waals surface area contributed by atoms with Crippen molar-refractivity contribution in [3.05, 3.63) is 84.1 Å². The predicted molar refractivity (Wildman–Crippen MR) is 105 cm³/mol. The van der Waals surface area contributed by atoms with Gasteiger partial charge < -0.3 is 0 Å². The number of aromatic nitrogens is 4. The van der Waals surface area contributed by atoms with Gasteiger partial charge in [0.15, 0.2) is 5.82 Å². The summed E-state index contributed by atoms with van der Waals surface area (Å²) in [5.41, 5.74) is 5.76. The minimum Gasteiger partial charge on any atom is -0.294 e. The van der Waals surface area contributed by atoms with Gasteiger partial charge in [-0.3, -0.25) is 14.9 Å². The van der Waals surface area contributed by atoms with Gasteiger partial charge in [-0.1, -0.05) is 18.2 Å². The van der Waals surface area contributed by atoms with Gasteiger partial charge in [-0.05, 0) is 29.8 Å². The summed E-state index contributed by atoms with van der Waals surface area (Å²) in [7, 11) is 0. The molecular weight excluding hydrogens is 334 g/mol. The smallest absolute Gasteiger partial charge is 0.159 e. The Bertz CT molecular complexity index is 1090. The third-order valence-electron chi connectivity index (χ3n) is 5.08. The minimum absolute atomic E-state index is 0.782. The number of nitrogens with zero attached hydrogens (tertiary/aromatic N) is 5. The highest BCUT2D eigenvalue weighted by Gasteiger charge is 2.19. The Morgan fingerprint density at radius 3 is 2.74 bits per heavy atom. The summed E-state index contributed by atoms with van der Waals surface area (Å²) >= 11 is 0. The van der Waals surface area contributed by atoms with Crippen molar-refractivity contribution in [1.82, 2.24) is 24.8 Å². The molecule has 0 atom stereocenters. The molecule has 0 N–H and O–H groups in total. The highest BCUT2D eigenvalue weighted by molar-refractivity contribution is 5.81. The zero-order valence-electron chi connectivity index (χ0n) is 14.9. The Morgan fingerprint density at radius 1 is 0.926 bits per heavy atom. The van der Waals surface area contributed by atoms with Gasteiger partial charge in [0.25, 0.3) is 0 Å². The molecule has 0 aliphatic carbocycles. The second-order valence-electron chi connectivity index (χ2n) is 6.85. The molecule has 4 aromatic rings. The molecule has 0 unspecified atom stereocenters. The highest BCUT2D eigenvalue weighted by atomic mass is 15.1. The van der Waals surface area contributed by atoms with Crippen molar-refractivity contribution in [2.24, 2.45) is 0 Å². The number of benzene rings is 1. The molecule has 0 radical (unpaired) electrons. The van der Waals surface area contributed by atoms with Gasteiger partial charge in [0.1, 0.15) is 0 Å². The second kappa shape index (κ2) is 6.85. The van der Waals surface area contributed by atoms with E-state index in [1.165, 1.54) is 16.5 Å². The highest BCUT2D eigenvalue weighted by Crippen LogP contribution is 2.24. The SMILES string of the molecule is c1ccc2c(CN3CCc4nc(-c5ccncc5)ncc4C3)ccnc2c1. The van der Waals surface area contributed by atoms with E-state index in [1.807, 2.05) is 30.6 Å². The zero-order chi connectivity index (χ0) is 18.1. The van der Waals surface area contributed by atoms with Gasteiger partial charge in [0.05, 0.1) is 11.2 Å². The summed E-state index contributed by atoms with van der Waals surface area (Å²) < 4.78 is 0. The van der Waals surface area contributed by atoms with Gasteiger partial charge in [-0.25, -0.2) is 9.97 Å². The fraction of sp³-hybridized carbons (Fsp3) is 0.182. The second-order valence-corrected chi connectivity index (χ2v) is 6.85. The van der Waals surface area contributed by atoms with Gasteiger partial charge in [-0.15, -0.1) is 0 Å². The average Bonchev–Trinajstić information content (AvgIpc) is 2.74. The van der Waals surface area contributed by atoms with E-state index < -0.39 is 0 Å². The lowest BCUT2D eigenvalue weighted by atomic mass is 10.0. The fourth-order valence-electron chi connectivity index (χ4n) is 3.68. The molecule has 0 fully saturated rings. The summed E-state index contributed by atoms with van der Waals surface area (Å²) in [6.07, 6.45) is 8.38. The molecule has 0 saturated carbocycles. The predicted octanol–water partition coefficient (Wildman–Crippen LogP) is 3.65. The van der Waals surface area contributed by atoms with Gasteiger partial charge in [0.2, 0.25) is 0 Å². The molecule has 4 heterocycles. The molecule has 0 amide bonds. The molecule has 0 bridgehead atoms. The Balaban J connectivity index is 1.38. The number of rotatable bonds is 3. The van der Waals surface area contributed by atoms with Crippen molar-refractivity contribution in [2.75, 3.05) is 6.54 Å². The molecule has 5 rings (SSSR count). The number of fused-ring (bicyclic) bond motifs is 2. The van der Waals surface area contributed by atoms with Crippen LogP contribution in [0.2, 0.25) is 0 Å². The van der Waals surface area contributed by atoms with Crippen LogP contribution in [0.5, 0.6) is 0 Å². The maximum Gasteiger partial charge on any atom is 0.159 e. The lowest BCUT2D eigenvalue weighted by molar-refractivity contribution is 0.244. The molecule has 1 aliphatic heterocycles. The fourth-order valence-corrected chi connectivity index (χ4v) is 3.68. The Hall–Kier alpha value is -3.18. The van der Waals surface area contributed by atoms with Crippen LogP contribution in [0.4, 0.5) is 0 Å². The van der Waals surface area contributed by atoms with Gasteiger partial charge >= 0.3 is 0 Å². The molecule has 1 aromatic carbocycles. The average molecular weight is 353 g/mol. The van der Waals surface area contributed by atoms with Crippen LogP contribution in [0, 0.1) is 0 Å². The third-order valence-corrected chi connectivity index (χ3v) is 5.08. The Labute approximate surface area is 157 Å². The Kier molecular flexibility index (Phi) is 4.07. The standard InChI is InChI=1S/C22H19N5/c1-2-4-21-19(3-1)17(7-11-24-21)14-27-12-8-20-18(15-27)13-25-22(26-20)16-5-9-23-10-6-16/h1-7,9-11,13H,8,12,14-15H2. The lowest BCUT2D eigenvalue weighted by Crippen LogP contribution is -2.31. The van der Waals surface area contributed by atoms with Crippen LogP contribution in [0.3, 0.4) is 0 Å². The van der Waals surface area contributed by atoms with E-state index in [0.29, 0.717) is 0 Å². The molecule has 0 saturated heterocycles. The maximum atomic E-state index is 4.80. The molecule has 0 spiro atoms. The van der Waals surface area contributed by atoms with Gasteiger partial charge in [-0.2, -0.15) is 0 Å². The van der Waals surface area contributed by atoms with E-state index in [1.54, 1.807) is 12.4 Å². The first-order valence-corrected chi connectivity index (χ1v) is 9.17. The summed E-state index contributed by atoms with van der Waals surface area (Å²) in [4.78, 5) is 20.4. The minimum atomic E-state index is 0.782. The van der Waals surface area contributed by atoms with E-state index in [0.717, 1.165) is 48.7 Å². The van der Waals surface area contributed by atoms with Crippen molar-refractivity contribution >= 4 is 10.9 Å². The van der Waals surface area contributed by atoms with E-state index in [2.05, 4.69) is 44.1 Å². The van der Waals surface area contributed by atoms with Crippen molar-refractivity contribution < 1.29 is 0 Å². The van der Waals surface area contributed by atoms with E-state index >= 15 is 0 Å². The van der Waals surface area contributed by atoms with E-state index in [9.17, 15) is 0 Å². The number of hydrogen-bond acceptors (Lipinski definition) is 5. The molecule has 5 nitrogen and oxygen atoms in total. The monoisotopic (exact) mass is 353 g/mol. The summed E-state index contributed by atoms with van der Waals surface area (Å²) in [5, 5.41) is 1.23. The van der Waals surface area contributed by atoms with E-state index in [4.69, 9.17) is 4.98 Å². The van der Waals surface area contributed by atoms with Crippen LogP contribution in [0.1, 0.15) is 16.8 Å². The lowest BCUT2D eigenvalue weighted by Gasteiger charge is -2.28. The largest absolute Gasteiger partial charge is 0.294 e. The quantitative estimate of drug-likeness (QED) is 0.563. The molecule has 27 heavy (non-hydrogen) atoms. The van der Waals surface area contributed by atoms with Crippen molar-refractivity contribution in [3.63, 3.8) is 0 Å². The molecule has 132 valence electrons. The van der Waals surface area contributed by atoms with Crippen LogP contribution in [0.15, 0.2) is 67.3 Å². The normalized spacial score (nSPS) is 14.2. The molecule has 3 aromatic heterocycles. The zero-order valence-corrected chi connectivity index (χ0v) is 14.9. The number of hydrogen-bond donors (Lipinski definition) is 0. The topological polar surface area (TPSA) is 54.8 Å². The third kappa shape index (κ3) is 3.17. The van der Waals surface area contributed by atoms with Crippen LogP contribution >= 0.6 is 0 Å². The first-order valence-electron chi connectivity index (χ1n) is 9.17. The van der Waals surface area contributed by atoms with Crippen LogP contribution < -0.4 is 0 Å². The van der Waals surface area contributed by atoms with Crippen molar-refractivity contribution in [3.8, 4) is 11.4 Å². The number of pyridine rings is 2. The summed E-state index contributed by atoms with van der Waals surface area (Å²) in [6, 6.07) is 14.4. The summed E-state index contributed by atoms with van der Waals surface area (Å²) in [5.74, 6) is 0.782. The van der Waals surface area contributed by atoms with Crippen LogP contribution in [-0.4, -0.2) is 31.4 Å². The van der Waals surface area contributed by atoms with Crippen molar-refractivity contribution in [1.29, 1.82) is 0 Å². The first-order chi connectivity index (χ1) is 13.4. The Morgan fingerprint density at radius 2 is 1.81 bits per heavy atom. The van der Waals surface area contributed by atoms with Crippen molar-refractivity contribution in [2.45, 2.75) is 19.5 Å². The molecule has 5 heteroatoms. The first kappa shape index (κ1) is 16.0. The summed E-state index contributed by atoms with van der Waals surface area (Å²) in [6.45, 7) is 2.79. The van der Waals surface area contributed by atoms with Crippen LogP contribution in [0.25, 0.3) is 22.3 Å². The number of para-hydroxylation sites is 1. The van der Waals surface area contributed by atoms with Gasteiger partial charge in [0, 0.05) is 67.4 Å². The molecular formula is C22H19N5. The van der Waals surface area contributed by atoms with E-state index in [-0.39, 0.29) is 0 Å².